The van der Waals surface area contributed by atoms with Gasteiger partial charge in [-0.05, 0) is 37.2 Å². The van der Waals surface area contributed by atoms with Crippen LogP contribution in [-0.2, 0) is 11.3 Å². The molecule has 2 heterocycles. The minimum Gasteiger partial charge on any atom is -0.493 e. The van der Waals surface area contributed by atoms with Gasteiger partial charge >= 0.3 is 0 Å². The molecule has 0 atom stereocenters. The van der Waals surface area contributed by atoms with Crippen molar-refractivity contribution in [2.45, 2.75) is 13.0 Å². The molecular weight excluding hydrogens is 415 g/mol. The predicted molar refractivity (Wildman–Crippen MR) is 118 cm³/mol. The van der Waals surface area contributed by atoms with Crippen molar-refractivity contribution in [1.82, 2.24) is 19.4 Å². The van der Waals surface area contributed by atoms with E-state index >= 15 is 0 Å². The molecule has 0 saturated carbocycles. The van der Waals surface area contributed by atoms with E-state index in [1.807, 2.05) is 24.5 Å². The molecular formula is C23H27FN4O4. The van der Waals surface area contributed by atoms with Crippen LogP contribution in [0.5, 0.6) is 5.75 Å². The lowest BCUT2D eigenvalue weighted by Gasteiger charge is -2.23. The van der Waals surface area contributed by atoms with Crippen LogP contribution in [-0.4, -0.2) is 76.7 Å². The number of ether oxygens (including phenoxy) is 1. The third-order valence-electron chi connectivity index (χ3n) is 5.46. The van der Waals surface area contributed by atoms with Crippen molar-refractivity contribution in [3.63, 3.8) is 0 Å². The molecule has 170 valence electrons. The van der Waals surface area contributed by atoms with Crippen LogP contribution in [0.25, 0.3) is 11.0 Å². The Morgan fingerprint density at radius 1 is 1.12 bits per heavy atom. The molecule has 1 fully saturated rings. The molecule has 0 radical (unpaired) electrons. The van der Waals surface area contributed by atoms with Crippen molar-refractivity contribution < 1.29 is 23.8 Å². The van der Waals surface area contributed by atoms with Crippen LogP contribution in [0.15, 0.2) is 48.8 Å². The van der Waals surface area contributed by atoms with Gasteiger partial charge in [0.1, 0.15) is 0 Å². The summed E-state index contributed by atoms with van der Waals surface area (Å²) in [7, 11) is 1.39. The number of methoxy groups -OCH3 is 1. The fourth-order valence-corrected chi connectivity index (χ4v) is 3.89. The molecule has 8 nitrogen and oxygen atoms in total. The standard InChI is InChI=1S/C22H25FN4O2.CH2O2/c1-29-21-17(6-4-7-18(21)23)22(28)26-11-5-10-25(12-14-26)13-15-27-16-24-19-8-2-3-9-20(19)27;2-1-3/h2-4,6-9,16H,5,10-15H2,1H3;1H,(H,2,3). The van der Waals surface area contributed by atoms with E-state index in [1.54, 1.807) is 17.0 Å². The summed E-state index contributed by atoms with van der Waals surface area (Å²) in [5.41, 5.74) is 2.42. The molecule has 0 bridgehead atoms. The molecule has 3 aromatic rings. The molecule has 1 aliphatic heterocycles. The highest BCUT2D eigenvalue weighted by atomic mass is 19.1. The Morgan fingerprint density at radius 3 is 2.69 bits per heavy atom. The minimum atomic E-state index is -0.512. The van der Waals surface area contributed by atoms with Crippen molar-refractivity contribution in [2.75, 3.05) is 39.8 Å². The summed E-state index contributed by atoms with van der Waals surface area (Å²) in [4.78, 5) is 29.9. The van der Waals surface area contributed by atoms with Gasteiger partial charge < -0.3 is 19.3 Å². The fourth-order valence-electron chi connectivity index (χ4n) is 3.89. The Bertz CT molecular complexity index is 1060. The molecule has 0 unspecified atom stereocenters. The molecule has 1 aromatic heterocycles. The van der Waals surface area contributed by atoms with Gasteiger partial charge in [-0.15, -0.1) is 0 Å². The summed E-state index contributed by atoms with van der Waals surface area (Å²) in [6.07, 6.45) is 2.77. The van der Waals surface area contributed by atoms with Gasteiger partial charge in [0, 0.05) is 32.7 Å². The second-order valence-corrected chi connectivity index (χ2v) is 7.34. The predicted octanol–water partition coefficient (Wildman–Crippen LogP) is 2.73. The quantitative estimate of drug-likeness (QED) is 0.612. The van der Waals surface area contributed by atoms with E-state index < -0.39 is 5.82 Å². The molecule has 1 amide bonds. The molecule has 4 rings (SSSR count). The maximum atomic E-state index is 14.0. The highest BCUT2D eigenvalue weighted by Crippen LogP contribution is 2.24. The first-order valence-corrected chi connectivity index (χ1v) is 10.4. The van der Waals surface area contributed by atoms with Gasteiger partial charge in [0.15, 0.2) is 11.6 Å². The fraction of sp³-hybridized carbons (Fsp3) is 0.348. The summed E-state index contributed by atoms with van der Waals surface area (Å²) in [5.74, 6) is -0.670. The highest BCUT2D eigenvalue weighted by Gasteiger charge is 2.24. The van der Waals surface area contributed by atoms with Crippen LogP contribution < -0.4 is 4.74 Å². The lowest BCUT2D eigenvalue weighted by Crippen LogP contribution is -2.36. The second-order valence-electron chi connectivity index (χ2n) is 7.34. The van der Waals surface area contributed by atoms with Gasteiger partial charge in [-0.1, -0.05) is 18.2 Å². The number of rotatable bonds is 5. The molecule has 9 heteroatoms. The molecule has 1 aliphatic rings. The van der Waals surface area contributed by atoms with Crippen molar-refractivity contribution in [1.29, 1.82) is 0 Å². The van der Waals surface area contributed by atoms with Crippen molar-refractivity contribution in [3.8, 4) is 5.75 Å². The number of fused-ring (bicyclic) bond motifs is 1. The van der Waals surface area contributed by atoms with Gasteiger partial charge in [0.05, 0.1) is 30.0 Å². The Morgan fingerprint density at radius 2 is 1.91 bits per heavy atom. The summed E-state index contributed by atoms with van der Waals surface area (Å²) >= 11 is 0. The minimum absolute atomic E-state index is 0.0191. The zero-order valence-corrected chi connectivity index (χ0v) is 18.0. The van der Waals surface area contributed by atoms with Crippen molar-refractivity contribution in [3.05, 3.63) is 60.2 Å². The van der Waals surface area contributed by atoms with E-state index in [-0.39, 0.29) is 23.7 Å². The van der Waals surface area contributed by atoms with Gasteiger partial charge in [-0.2, -0.15) is 0 Å². The van der Waals surface area contributed by atoms with E-state index in [0.717, 1.165) is 43.6 Å². The topological polar surface area (TPSA) is 87.9 Å². The summed E-state index contributed by atoms with van der Waals surface area (Å²) in [6, 6.07) is 12.6. The number of hydrogen-bond acceptors (Lipinski definition) is 5. The number of nitrogens with zero attached hydrogens (tertiary/aromatic N) is 4. The molecule has 2 aromatic carbocycles. The Kier molecular flexibility index (Phi) is 8.15. The largest absolute Gasteiger partial charge is 0.493 e. The number of halogens is 1. The normalized spacial score (nSPS) is 14.4. The third-order valence-corrected chi connectivity index (χ3v) is 5.46. The van der Waals surface area contributed by atoms with Gasteiger partial charge in [-0.25, -0.2) is 9.37 Å². The number of hydrogen-bond donors (Lipinski definition) is 1. The third kappa shape index (κ3) is 5.42. The van der Waals surface area contributed by atoms with Crippen LogP contribution in [0.2, 0.25) is 0 Å². The monoisotopic (exact) mass is 442 g/mol. The number of imidazole rings is 1. The number of carboxylic acid groups (broad SMARTS) is 1. The van der Waals surface area contributed by atoms with Crippen LogP contribution in [0, 0.1) is 5.82 Å². The van der Waals surface area contributed by atoms with Crippen LogP contribution in [0.4, 0.5) is 4.39 Å². The number of para-hydroxylation sites is 3. The smallest absolute Gasteiger partial charge is 0.290 e. The van der Waals surface area contributed by atoms with E-state index in [2.05, 4.69) is 20.5 Å². The average molecular weight is 442 g/mol. The zero-order valence-electron chi connectivity index (χ0n) is 18.0. The first-order valence-electron chi connectivity index (χ1n) is 10.4. The number of aromatic nitrogens is 2. The Labute approximate surface area is 185 Å². The van der Waals surface area contributed by atoms with Crippen LogP contribution in [0.1, 0.15) is 16.8 Å². The molecule has 0 aliphatic carbocycles. The first-order chi connectivity index (χ1) is 15.6. The second kappa shape index (κ2) is 11.2. The molecule has 0 spiro atoms. The van der Waals surface area contributed by atoms with Gasteiger partial charge in [-0.3, -0.25) is 14.5 Å². The van der Waals surface area contributed by atoms with Gasteiger partial charge in [0.2, 0.25) is 0 Å². The number of carbonyl (C=O) groups is 2. The molecule has 1 N–H and O–H groups in total. The van der Waals surface area contributed by atoms with Gasteiger partial charge in [0.25, 0.3) is 12.4 Å². The summed E-state index contributed by atoms with van der Waals surface area (Å²) < 4.78 is 21.2. The van der Waals surface area contributed by atoms with E-state index in [9.17, 15) is 9.18 Å². The highest BCUT2D eigenvalue weighted by molar-refractivity contribution is 5.97. The lowest BCUT2D eigenvalue weighted by molar-refractivity contribution is -0.122. The summed E-state index contributed by atoms with van der Waals surface area (Å²) in [5, 5.41) is 6.89. The number of benzene rings is 2. The van der Waals surface area contributed by atoms with E-state index in [0.29, 0.717) is 13.1 Å². The first kappa shape index (κ1) is 23.2. The van der Waals surface area contributed by atoms with Crippen molar-refractivity contribution in [2.24, 2.45) is 0 Å². The SMILES string of the molecule is COc1c(F)cccc1C(=O)N1CCCN(CCn2cnc3ccccc32)CC1.O=CO. The van der Waals surface area contributed by atoms with E-state index in [1.165, 1.54) is 13.2 Å². The Balaban J connectivity index is 0.000000913. The maximum absolute atomic E-state index is 14.0. The molecule has 32 heavy (non-hydrogen) atoms. The molecule has 1 saturated heterocycles. The average Bonchev–Trinajstić information content (AvgIpc) is 3.06. The number of amides is 1. The lowest BCUT2D eigenvalue weighted by atomic mass is 10.1. The summed E-state index contributed by atoms with van der Waals surface area (Å²) in [6.45, 7) is 4.48. The van der Waals surface area contributed by atoms with Crippen LogP contribution in [0.3, 0.4) is 0 Å². The zero-order chi connectivity index (χ0) is 22.9. The van der Waals surface area contributed by atoms with E-state index in [4.69, 9.17) is 14.6 Å². The Hall–Kier alpha value is -3.46. The van der Waals surface area contributed by atoms with Crippen LogP contribution >= 0.6 is 0 Å². The maximum Gasteiger partial charge on any atom is 0.290 e. The number of carbonyl (C=O) groups excluding carboxylic acids is 1. The van der Waals surface area contributed by atoms with Crippen molar-refractivity contribution >= 4 is 23.4 Å².